The molecule has 1 aromatic carbocycles. The molecule has 0 fully saturated rings. The molecule has 4 heteroatoms. The minimum Gasteiger partial charge on any atom is -0.475 e. The summed E-state index contributed by atoms with van der Waals surface area (Å²) in [5.74, 6) is -0.385. The van der Waals surface area contributed by atoms with Crippen LogP contribution >= 0.6 is 11.8 Å². The van der Waals surface area contributed by atoms with Crippen LogP contribution < -0.4 is 0 Å². The van der Waals surface area contributed by atoms with Gasteiger partial charge in [0.2, 0.25) is 5.76 Å². The molecule has 3 nitrogen and oxygen atoms in total. The number of hydrogen-bond donors (Lipinski definition) is 1. The van der Waals surface area contributed by atoms with Gasteiger partial charge in [-0.3, -0.25) is 0 Å². The minimum absolute atomic E-state index is 0.0334. The zero-order valence-corrected chi connectivity index (χ0v) is 10.2. The predicted octanol–water partition coefficient (Wildman–Crippen LogP) is 3.58. The minimum atomic E-state index is -1.02. The average molecular weight is 248 g/mol. The van der Waals surface area contributed by atoms with Crippen LogP contribution in [0.4, 0.5) is 0 Å². The first-order valence-electron chi connectivity index (χ1n) is 5.16. The molecule has 0 saturated heterocycles. The fourth-order valence-corrected chi connectivity index (χ4v) is 2.52. The zero-order chi connectivity index (χ0) is 12.3. The van der Waals surface area contributed by atoms with E-state index in [1.54, 1.807) is 17.8 Å². The smallest absolute Gasteiger partial charge is 0.372 e. The number of carboxylic acids is 1. The average Bonchev–Trinajstić information content (AvgIpc) is 2.76. The molecule has 0 atom stereocenters. The van der Waals surface area contributed by atoms with Crippen LogP contribution in [0.5, 0.6) is 0 Å². The summed E-state index contributed by atoms with van der Waals surface area (Å²) >= 11 is 1.61. The second-order valence-electron chi connectivity index (χ2n) is 3.63. The maximum atomic E-state index is 10.9. The van der Waals surface area contributed by atoms with E-state index in [1.807, 2.05) is 31.2 Å². The third-order valence-electron chi connectivity index (χ3n) is 2.42. The topological polar surface area (TPSA) is 50.4 Å². The summed E-state index contributed by atoms with van der Waals surface area (Å²) in [6, 6.07) is 9.73. The zero-order valence-electron chi connectivity index (χ0n) is 9.34. The van der Waals surface area contributed by atoms with Gasteiger partial charge in [-0.15, -0.1) is 11.8 Å². The van der Waals surface area contributed by atoms with Crippen LogP contribution in [-0.4, -0.2) is 11.1 Å². The highest BCUT2D eigenvalue weighted by Crippen LogP contribution is 2.27. The summed E-state index contributed by atoms with van der Waals surface area (Å²) in [6.45, 7) is 2.04. The van der Waals surface area contributed by atoms with Crippen molar-refractivity contribution in [1.82, 2.24) is 0 Å². The van der Waals surface area contributed by atoms with E-state index in [2.05, 4.69) is 0 Å². The summed E-state index contributed by atoms with van der Waals surface area (Å²) in [5.41, 5.74) is 1.91. The Kier molecular flexibility index (Phi) is 3.54. The van der Waals surface area contributed by atoms with Crippen LogP contribution in [0.3, 0.4) is 0 Å². The molecular formula is C13H12O3S. The SMILES string of the molecule is Cc1ccccc1SCc1ccoc1C(=O)O. The number of furan rings is 1. The van der Waals surface area contributed by atoms with Gasteiger partial charge in [0.25, 0.3) is 0 Å². The summed E-state index contributed by atoms with van der Waals surface area (Å²) in [5, 5.41) is 8.90. The number of carboxylic acid groups (broad SMARTS) is 1. The Labute approximate surface area is 103 Å². The van der Waals surface area contributed by atoms with Crippen molar-refractivity contribution in [2.75, 3.05) is 0 Å². The van der Waals surface area contributed by atoms with E-state index in [0.29, 0.717) is 11.3 Å². The van der Waals surface area contributed by atoms with Gasteiger partial charge in [-0.05, 0) is 24.6 Å². The third-order valence-corrected chi connectivity index (χ3v) is 3.64. The Hall–Kier alpha value is -1.68. The largest absolute Gasteiger partial charge is 0.475 e. The van der Waals surface area contributed by atoms with Gasteiger partial charge in [0, 0.05) is 16.2 Å². The van der Waals surface area contributed by atoms with Gasteiger partial charge in [0.1, 0.15) is 0 Å². The number of thioether (sulfide) groups is 1. The Morgan fingerprint density at radius 1 is 1.35 bits per heavy atom. The van der Waals surface area contributed by atoms with Gasteiger partial charge in [-0.1, -0.05) is 18.2 Å². The molecule has 0 unspecified atom stereocenters. The highest BCUT2D eigenvalue weighted by Gasteiger charge is 2.13. The second kappa shape index (κ2) is 5.10. The molecule has 88 valence electrons. The van der Waals surface area contributed by atoms with E-state index in [4.69, 9.17) is 9.52 Å². The lowest BCUT2D eigenvalue weighted by Crippen LogP contribution is -1.97. The third kappa shape index (κ3) is 2.71. The lowest BCUT2D eigenvalue weighted by atomic mass is 10.2. The number of carbonyl (C=O) groups is 1. The van der Waals surface area contributed by atoms with Gasteiger partial charge < -0.3 is 9.52 Å². The van der Waals surface area contributed by atoms with Crippen molar-refractivity contribution in [3.05, 3.63) is 53.5 Å². The summed E-state index contributed by atoms with van der Waals surface area (Å²) in [6.07, 6.45) is 1.41. The molecule has 0 aliphatic carbocycles. The van der Waals surface area contributed by atoms with Crippen molar-refractivity contribution in [2.45, 2.75) is 17.6 Å². The van der Waals surface area contributed by atoms with Crippen molar-refractivity contribution in [2.24, 2.45) is 0 Å². The summed E-state index contributed by atoms with van der Waals surface area (Å²) in [4.78, 5) is 12.0. The molecule has 0 bridgehead atoms. The van der Waals surface area contributed by atoms with Crippen molar-refractivity contribution in [3.63, 3.8) is 0 Å². The lowest BCUT2D eigenvalue weighted by Gasteiger charge is -2.04. The Balaban J connectivity index is 2.10. The highest BCUT2D eigenvalue weighted by atomic mass is 32.2. The molecule has 2 aromatic rings. The van der Waals surface area contributed by atoms with E-state index >= 15 is 0 Å². The van der Waals surface area contributed by atoms with Crippen molar-refractivity contribution in [1.29, 1.82) is 0 Å². The van der Waals surface area contributed by atoms with E-state index in [9.17, 15) is 4.79 Å². The fourth-order valence-electron chi connectivity index (χ4n) is 1.51. The van der Waals surface area contributed by atoms with Crippen LogP contribution in [0.2, 0.25) is 0 Å². The second-order valence-corrected chi connectivity index (χ2v) is 4.65. The Morgan fingerprint density at radius 2 is 2.12 bits per heavy atom. The normalized spacial score (nSPS) is 10.4. The summed E-state index contributed by atoms with van der Waals surface area (Å²) < 4.78 is 4.93. The molecule has 0 spiro atoms. The first-order valence-corrected chi connectivity index (χ1v) is 6.15. The van der Waals surface area contributed by atoms with Crippen LogP contribution in [0.25, 0.3) is 0 Å². The van der Waals surface area contributed by atoms with Gasteiger partial charge >= 0.3 is 5.97 Å². The van der Waals surface area contributed by atoms with E-state index in [1.165, 1.54) is 11.8 Å². The van der Waals surface area contributed by atoms with Crippen LogP contribution in [-0.2, 0) is 5.75 Å². The Bertz CT molecular complexity index is 531. The first kappa shape index (κ1) is 11.8. The molecule has 17 heavy (non-hydrogen) atoms. The molecule has 0 saturated carbocycles. The van der Waals surface area contributed by atoms with E-state index < -0.39 is 5.97 Å². The molecule has 1 heterocycles. The molecule has 0 radical (unpaired) electrons. The fraction of sp³-hybridized carbons (Fsp3) is 0.154. The maximum absolute atomic E-state index is 10.9. The predicted molar refractivity (Wildman–Crippen MR) is 66.4 cm³/mol. The van der Waals surface area contributed by atoms with Crippen LogP contribution in [0, 0.1) is 6.92 Å². The molecule has 0 amide bonds. The number of aromatic carboxylic acids is 1. The van der Waals surface area contributed by atoms with E-state index in [0.717, 1.165) is 4.90 Å². The van der Waals surface area contributed by atoms with Gasteiger partial charge in [0.05, 0.1) is 6.26 Å². The standard InChI is InChI=1S/C13H12O3S/c1-9-4-2-3-5-11(9)17-8-10-6-7-16-12(10)13(14)15/h2-7H,8H2,1H3,(H,14,15). The number of benzene rings is 1. The molecule has 2 rings (SSSR count). The monoisotopic (exact) mass is 248 g/mol. The lowest BCUT2D eigenvalue weighted by molar-refractivity contribution is 0.0661. The van der Waals surface area contributed by atoms with Crippen LogP contribution in [0.15, 0.2) is 45.9 Å². The quantitative estimate of drug-likeness (QED) is 0.840. The highest BCUT2D eigenvalue weighted by molar-refractivity contribution is 7.98. The van der Waals surface area contributed by atoms with Gasteiger partial charge in [0.15, 0.2) is 0 Å². The van der Waals surface area contributed by atoms with Gasteiger partial charge in [-0.2, -0.15) is 0 Å². The van der Waals surface area contributed by atoms with Crippen molar-refractivity contribution >= 4 is 17.7 Å². The maximum Gasteiger partial charge on any atom is 0.372 e. The Morgan fingerprint density at radius 3 is 2.82 bits per heavy atom. The molecule has 1 aromatic heterocycles. The molecule has 1 N–H and O–H groups in total. The summed E-state index contributed by atoms with van der Waals surface area (Å²) in [7, 11) is 0. The molecule has 0 aliphatic heterocycles. The first-order chi connectivity index (χ1) is 8.18. The van der Waals surface area contributed by atoms with Crippen molar-refractivity contribution in [3.8, 4) is 0 Å². The number of aryl methyl sites for hydroxylation is 1. The molecular weight excluding hydrogens is 236 g/mol. The van der Waals surface area contributed by atoms with E-state index in [-0.39, 0.29) is 5.76 Å². The molecule has 0 aliphatic rings. The number of rotatable bonds is 4. The van der Waals surface area contributed by atoms with Crippen LogP contribution in [0.1, 0.15) is 21.7 Å². The number of hydrogen-bond acceptors (Lipinski definition) is 3. The van der Waals surface area contributed by atoms with Gasteiger partial charge in [-0.25, -0.2) is 4.79 Å². The van der Waals surface area contributed by atoms with Crippen molar-refractivity contribution < 1.29 is 14.3 Å².